The first-order valence-electron chi connectivity index (χ1n) is 5.17. The van der Waals surface area contributed by atoms with E-state index in [9.17, 15) is 9.59 Å². The standard InChI is InChI=1S/C12H12N2O3S/c1-8(12(16)17)18-7-11(15)14-10-4-2-9(6-13)3-5-10/h2-5,8H,7H2,1H3,(H,14,15)(H,16,17). The van der Waals surface area contributed by atoms with Gasteiger partial charge in [-0.3, -0.25) is 9.59 Å². The fourth-order valence-electron chi connectivity index (χ4n) is 1.10. The number of amides is 1. The van der Waals surface area contributed by atoms with E-state index in [4.69, 9.17) is 10.4 Å². The zero-order valence-corrected chi connectivity index (χ0v) is 10.5. The monoisotopic (exact) mass is 264 g/mol. The van der Waals surface area contributed by atoms with Crippen LogP contribution in [0.2, 0.25) is 0 Å². The second-order valence-corrected chi connectivity index (χ2v) is 4.86. The van der Waals surface area contributed by atoms with Gasteiger partial charge in [-0.05, 0) is 31.2 Å². The largest absolute Gasteiger partial charge is 0.480 e. The molecule has 5 nitrogen and oxygen atoms in total. The molecule has 0 aliphatic heterocycles. The SMILES string of the molecule is CC(SCC(=O)Nc1ccc(C#N)cc1)C(=O)O. The van der Waals surface area contributed by atoms with Crippen LogP contribution in [0.3, 0.4) is 0 Å². The van der Waals surface area contributed by atoms with Gasteiger partial charge in [0.1, 0.15) is 0 Å². The fraction of sp³-hybridized carbons (Fsp3) is 0.250. The summed E-state index contributed by atoms with van der Waals surface area (Å²) in [7, 11) is 0. The number of aliphatic carboxylic acids is 1. The highest BCUT2D eigenvalue weighted by molar-refractivity contribution is 8.01. The maximum atomic E-state index is 11.5. The average Bonchev–Trinajstić information content (AvgIpc) is 2.36. The highest BCUT2D eigenvalue weighted by Gasteiger charge is 2.13. The maximum Gasteiger partial charge on any atom is 0.316 e. The van der Waals surface area contributed by atoms with Crippen LogP contribution in [0.5, 0.6) is 0 Å². The van der Waals surface area contributed by atoms with Crippen LogP contribution in [0.4, 0.5) is 5.69 Å². The number of thioether (sulfide) groups is 1. The molecule has 18 heavy (non-hydrogen) atoms. The third-order valence-corrected chi connectivity index (χ3v) is 3.24. The van der Waals surface area contributed by atoms with E-state index >= 15 is 0 Å². The van der Waals surface area contributed by atoms with Crippen molar-refractivity contribution < 1.29 is 14.7 Å². The minimum Gasteiger partial charge on any atom is -0.480 e. The number of nitriles is 1. The molecule has 1 unspecified atom stereocenters. The Morgan fingerprint density at radius 3 is 2.56 bits per heavy atom. The van der Waals surface area contributed by atoms with Gasteiger partial charge >= 0.3 is 5.97 Å². The van der Waals surface area contributed by atoms with E-state index in [1.54, 1.807) is 24.3 Å². The Labute approximate surface area is 109 Å². The minimum absolute atomic E-state index is 0.0769. The number of carbonyl (C=O) groups is 2. The van der Waals surface area contributed by atoms with Crippen LogP contribution in [0, 0.1) is 11.3 Å². The van der Waals surface area contributed by atoms with Crippen molar-refractivity contribution in [2.24, 2.45) is 0 Å². The summed E-state index contributed by atoms with van der Waals surface area (Å²) < 4.78 is 0. The Kier molecular flexibility index (Phi) is 5.21. The van der Waals surface area contributed by atoms with E-state index in [-0.39, 0.29) is 11.7 Å². The molecule has 0 radical (unpaired) electrons. The van der Waals surface area contributed by atoms with Crippen LogP contribution >= 0.6 is 11.8 Å². The molecule has 1 aromatic rings. The van der Waals surface area contributed by atoms with Gasteiger partial charge in [0.25, 0.3) is 0 Å². The lowest BCUT2D eigenvalue weighted by Crippen LogP contribution is -2.19. The second kappa shape index (κ2) is 6.67. The van der Waals surface area contributed by atoms with Gasteiger partial charge in [0, 0.05) is 5.69 Å². The molecule has 0 saturated carbocycles. The van der Waals surface area contributed by atoms with Crippen molar-refractivity contribution in [2.75, 3.05) is 11.1 Å². The second-order valence-electron chi connectivity index (χ2n) is 3.53. The number of rotatable bonds is 5. The fourth-order valence-corrected chi connectivity index (χ4v) is 1.71. The molecule has 0 aliphatic rings. The first-order valence-corrected chi connectivity index (χ1v) is 6.22. The molecule has 0 aliphatic carbocycles. The summed E-state index contributed by atoms with van der Waals surface area (Å²) in [6.07, 6.45) is 0. The summed E-state index contributed by atoms with van der Waals surface area (Å²) in [4.78, 5) is 22.1. The molecule has 0 heterocycles. The third kappa shape index (κ3) is 4.47. The van der Waals surface area contributed by atoms with Gasteiger partial charge in [-0.15, -0.1) is 11.8 Å². The number of nitrogens with one attached hydrogen (secondary N) is 1. The Balaban J connectivity index is 2.45. The van der Waals surface area contributed by atoms with Crippen LogP contribution in [0.25, 0.3) is 0 Å². The molecule has 1 aromatic carbocycles. The van der Waals surface area contributed by atoms with Crippen molar-refractivity contribution in [1.82, 2.24) is 0 Å². The normalized spacial score (nSPS) is 11.3. The highest BCUT2D eigenvalue weighted by atomic mass is 32.2. The Morgan fingerprint density at radius 2 is 2.06 bits per heavy atom. The van der Waals surface area contributed by atoms with Crippen LogP contribution in [-0.4, -0.2) is 28.0 Å². The number of nitrogens with zero attached hydrogens (tertiary/aromatic N) is 1. The number of carboxylic acid groups (broad SMARTS) is 1. The van der Waals surface area contributed by atoms with Gasteiger partial charge in [-0.25, -0.2) is 0 Å². The molecular weight excluding hydrogens is 252 g/mol. The highest BCUT2D eigenvalue weighted by Crippen LogP contribution is 2.13. The molecular formula is C12H12N2O3S. The van der Waals surface area contributed by atoms with Crippen molar-refractivity contribution >= 4 is 29.3 Å². The van der Waals surface area contributed by atoms with Crippen LogP contribution in [0.15, 0.2) is 24.3 Å². The molecule has 0 bridgehead atoms. The molecule has 0 spiro atoms. The van der Waals surface area contributed by atoms with Gasteiger partial charge in [0.2, 0.25) is 5.91 Å². The summed E-state index contributed by atoms with van der Waals surface area (Å²) in [5.74, 6) is -1.13. The van der Waals surface area contributed by atoms with Gasteiger partial charge < -0.3 is 10.4 Å². The molecule has 0 fully saturated rings. The Bertz CT molecular complexity index is 479. The zero-order valence-electron chi connectivity index (χ0n) is 9.71. The number of anilines is 1. The topological polar surface area (TPSA) is 90.2 Å². The molecule has 1 atom stereocenters. The number of hydrogen-bond donors (Lipinski definition) is 2. The summed E-state index contributed by atoms with van der Waals surface area (Å²) >= 11 is 1.06. The van der Waals surface area contributed by atoms with E-state index in [1.165, 1.54) is 6.92 Å². The number of carbonyl (C=O) groups excluding carboxylic acids is 1. The molecule has 0 aromatic heterocycles. The number of carboxylic acids is 1. The third-order valence-electron chi connectivity index (χ3n) is 2.11. The molecule has 94 valence electrons. The van der Waals surface area contributed by atoms with Crippen LogP contribution in [-0.2, 0) is 9.59 Å². The van der Waals surface area contributed by atoms with Crippen LogP contribution in [0.1, 0.15) is 12.5 Å². The smallest absolute Gasteiger partial charge is 0.316 e. The zero-order chi connectivity index (χ0) is 13.5. The molecule has 1 amide bonds. The van der Waals surface area contributed by atoms with Crippen molar-refractivity contribution in [3.05, 3.63) is 29.8 Å². The van der Waals surface area contributed by atoms with Gasteiger partial charge in [0.15, 0.2) is 0 Å². The van der Waals surface area contributed by atoms with Crippen LogP contribution < -0.4 is 5.32 Å². The van der Waals surface area contributed by atoms with E-state index in [0.29, 0.717) is 11.3 Å². The lowest BCUT2D eigenvalue weighted by atomic mass is 10.2. The summed E-state index contributed by atoms with van der Waals surface area (Å²) in [6, 6.07) is 8.43. The van der Waals surface area contributed by atoms with E-state index in [0.717, 1.165) is 11.8 Å². The number of hydrogen-bond acceptors (Lipinski definition) is 4. The lowest BCUT2D eigenvalue weighted by molar-refractivity contribution is -0.136. The molecule has 0 saturated heterocycles. The van der Waals surface area contributed by atoms with Crippen molar-refractivity contribution in [3.8, 4) is 6.07 Å². The molecule has 6 heteroatoms. The first kappa shape index (κ1) is 14.1. The summed E-state index contributed by atoms with van der Waals surface area (Å²) in [6.45, 7) is 1.53. The quantitative estimate of drug-likeness (QED) is 0.844. The summed E-state index contributed by atoms with van der Waals surface area (Å²) in [5.41, 5.74) is 1.10. The van der Waals surface area contributed by atoms with Gasteiger partial charge in [-0.1, -0.05) is 0 Å². The van der Waals surface area contributed by atoms with E-state index in [2.05, 4.69) is 5.32 Å². The Hall–Kier alpha value is -2.00. The Morgan fingerprint density at radius 1 is 1.44 bits per heavy atom. The molecule has 2 N–H and O–H groups in total. The van der Waals surface area contributed by atoms with E-state index < -0.39 is 11.2 Å². The number of benzene rings is 1. The van der Waals surface area contributed by atoms with Crippen molar-refractivity contribution in [3.63, 3.8) is 0 Å². The maximum absolute atomic E-state index is 11.5. The van der Waals surface area contributed by atoms with Gasteiger partial charge in [0.05, 0.1) is 22.6 Å². The van der Waals surface area contributed by atoms with E-state index in [1.807, 2.05) is 6.07 Å². The predicted octanol–water partition coefficient (Wildman–Crippen LogP) is 1.70. The molecule has 1 rings (SSSR count). The van der Waals surface area contributed by atoms with Gasteiger partial charge in [-0.2, -0.15) is 5.26 Å². The first-order chi connectivity index (χ1) is 8.52. The van der Waals surface area contributed by atoms with Crippen molar-refractivity contribution in [1.29, 1.82) is 5.26 Å². The van der Waals surface area contributed by atoms with Crippen molar-refractivity contribution in [2.45, 2.75) is 12.2 Å². The predicted molar refractivity (Wildman–Crippen MR) is 69.3 cm³/mol. The average molecular weight is 264 g/mol. The lowest BCUT2D eigenvalue weighted by Gasteiger charge is -2.07. The summed E-state index contributed by atoms with van der Waals surface area (Å²) in [5, 5.41) is 19.3. The minimum atomic E-state index is -0.939.